The van der Waals surface area contributed by atoms with E-state index in [-0.39, 0.29) is 16.9 Å². The van der Waals surface area contributed by atoms with Crippen LogP contribution in [0.3, 0.4) is 0 Å². The third-order valence-corrected chi connectivity index (χ3v) is 4.74. The van der Waals surface area contributed by atoms with E-state index >= 15 is 0 Å². The molecule has 0 saturated heterocycles. The first-order valence-electron chi connectivity index (χ1n) is 9.07. The highest BCUT2D eigenvalue weighted by Gasteiger charge is 2.23. The van der Waals surface area contributed by atoms with E-state index in [1.54, 1.807) is 0 Å². The molecule has 0 atom stereocenters. The number of hydrogen-bond donors (Lipinski definition) is 2. The molecule has 0 radical (unpaired) electrons. The molecule has 2 N–H and O–H groups in total. The lowest BCUT2D eigenvalue weighted by molar-refractivity contribution is 0.445. The molecular formula is C25H30O2. The van der Waals surface area contributed by atoms with Crippen LogP contribution in [0.25, 0.3) is 27.8 Å². The second kappa shape index (κ2) is 7.11. The minimum absolute atomic E-state index is 0.202. The van der Waals surface area contributed by atoms with Crippen molar-refractivity contribution in [2.45, 2.75) is 47.0 Å². The molecule has 2 nitrogen and oxygen atoms in total. The van der Waals surface area contributed by atoms with Crippen molar-refractivity contribution >= 4 is 16.7 Å². The molecule has 0 unspecified atom stereocenters. The van der Waals surface area contributed by atoms with Crippen molar-refractivity contribution in [3.8, 4) is 22.6 Å². The van der Waals surface area contributed by atoms with Crippen LogP contribution in [0.1, 0.15) is 63.8 Å². The third kappa shape index (κ3) is 4.00. The van der Waals surface area contributed by atoms with Gasteiger partial charge in [-0.25, -0.2) is 0 Å². The molecule has 2 aromatic carbocycles. The molecule has 0 heterocycles. The highest BCUT2D eigenvalue weighted by molar-refractivity contribution is 5.84. The summed E-state index contributed by atoms with van der Waals surface area (Å²) in [6, 6.07) is 7.83. The number of rotatable bonds is 4. The van der Waals surface area contributed by atoms with Crippen LogP contribution >= 0.6 is 0 Å². The fourth-order valence-electron chi connectivity index (χ4n) is 3.15. The Bertz CT molecular complexity index is 918. The molecule has 0 saturated carbocycles. The Kier molecular flexibility index (Phi) is 5.42. The van der Waals surface area contributed by atoms with E-state index < -0.39 is 0 Å². The molecule has 0 aliphatic heterocycles. The van der Waals surface area contributed by atoms with Crippen molar-refractivity contribution in [2.24, 2.45) is 0 Å². The molecule has 0 bridgehead atoms. The van der Waals surface area contributed by atoms with Crippen LogP contribution in [-0.4, -0.2) is 10.2 Å². The fraction of sp³-hybridized carbons (Fsp3) is 0.280. The molecule has 27 heavy (non-hydrogen) atoms. The van der Waals surface area contributed by atoms with Crippen LogP contribution in [0.4, 0.5) is 0 Å². The van der Waals surface area contributed by atoms with Gasteiger partial charge in [0, 0.05) is 22.3 Å². The van der Waals surface area contributed by atoms with Gasteiger partial charge in [0.05, 0.1) is 0 Å². The zero-order valence-electron chi connectivity index (χ0n) is 17.3. The zero-order valence-corrected chi connectivity index (χ0v) is 17.3. The van der Waals surface area contributed by atoms with Crippen molar-refractivity contribution in [3.05, 3.63) is 66.3 Å². The van der Waals surface area contributed by atoms with E-state index in [4.69, 9.17) is 0 Å². The van der Waals surface area contributed by atoms with E-state index in [0.717, 1.165) is 39.0 Å². The van der Waals surface area contributed by atoms with Crippen molar-refractivity contribution in [2.75, 3.05) is 0 Å². The maximum Gasteiger partial charge on any atom is 0.130 e. The van der Waals surface area contributed by atoms with Gasteiger partial charge in [-0.05, 0) is 78.3 Å². The van der Waals surface area contributed by atoms with Crippen molar-refractivity contribution < 1.29 is 10.2 Å². The summed E-state index contributed by atoms with van der Waals surface area (Å²) in [4.78, 5) is 0. The first-order chi connectivity index (χ1) is 12.3. The second-order valence-corrected chi connectivity index (χ2v) is 8.43. The Balaban J connectivity index is 2.89. The van der Waals surface area contributed by atoms with Crippen molar-refractivity contribution in [1.82, 2.24) is 0 Å². The van der Waals surface area contributed by atoms with Gasteiger partial charge in [-0.15, -0.1) is 0 Å². The van der Waals surface area contributed by atoms with Gasteiger partial charge in [0.2, 0.25) is 0 Å². The number of benzene rings is 2. The first-order valence-corrected chi connectivity index (χ1v) is 9.07. The summed E-state index contributed by atoms with van der Waals surface area (Å²) < 4.78 is 0. The Labute approximate surface area is 163 Å². The highest BCUT2D eigenvalue weighted by atomic mass is 16.3. The zero-order chi connectivity index (χ0) is 20.7. The van der Waals surface area contributed by atoms with Gasteiger partial charge in [0.15, 0.2) is 0 Å². The van der Waals surface area contributed by atoms with Crippen molar-refractivity contribution in [3.63, 3.8) is 0 Å². The van der Waals surface area contributed by atoms with E-state index in [0.29, 0.717) is 11.1 Å². The van der Waals surface area contributed by atoms with E-state index in [1.165, 1.54) is 0 Å². The van der Waals surface area contributed by atoms with Crippen LogP contribution in [0, 0.1) is 0 Å². The van der Waals surface area contributed by atoms with Crippen LogP contribution in [0.15, 0.2) is 44.0 Å². The topological polar surface area (TPSA) is 40.5 Å². The predicted molar refractivity (Wildman–Crippen MR) is 118 cm³/mol. The van der Waals surface area contributed by atoms with Gasteiger partial charge in [-0.1, -0.05) is 40.5 Å². The predicted octanol–water partition coefficient (Wildman–Crippen LogP) is 7.16. The molecule has 0 aromatic heterocycles. The summed E-state index contributed by atoms with van der Waals surface area (Å²) in [6.45, 7) is 23.9. The third-order valence-electron chi connectivity index (χ3n) is 4.74. The largest absolute Gasteiger partial charge is 0.507 e. The summed E-state index contributed by atoms with van der Waals surface area (Å²) in [5, 5.41) is 21.4. The van der Waals surface area contributed by atoms with Gasteiger partial charge in [0.1, 0.15) is 11.5 Å². The average molecular weight is 363 g/mol. The molecule has 0 spiro atoms. The quantitative estimate of drug-likeness (QED) is 0.605. The van der Waals surface area contributed by atoms with Gasteiger partial charge >= 0.3 is 0 Å². The lowest BCUT2D eigenvalue weighted by Gasteiger charge is -2.24. The summed E-state index contributed by atoms with van der Waals surface area (Å²) in [5.74, 6) is 0.478. The number of phenols is 2. The normalized spacial score (nSPS) is 11.3. The molecule has 0 amide bonds. The molecule has 2 heteroatoms. The van der Waals surface area contributed by atoms with Gasteiger partial charge in [-0.2, -0.15) is 0 Å². The van der Waals surface area contributed by atoms with Gasteiger partial charge in [0.25, 0.3) is 0 Å². The monoisotopic (exact) mass is 362 g/mol. The van der Waals surface area contributed by atoms with E-state index in [1.807, 2.05) is 45.0 Å². The molecule has 0 fully saturated rings. The maximum atomic E-state index is 10.8. The lowest BCUT2D eigenvalue weighted by Crippen LogP contribution is -2.12. The van der Waals surface area contributed by atoms with Crippen LogP contribution < -0.4 is 0 Å². The Morgan fingerprint density at radius 1 is 0.667 bits per heavy atom. The smallest absolute Gasteiger partial charge is 0.130 e. The van der Waals surface area contributed by atoms with Crippen LogP contribution in [0.5, 0.6) is 11.5 Å². The average Bonchev–Trinajstić information content (AvgIpc) is 2.53. The van der Waals surface area contributed by atoms with E-state index in [2.05, 4.69) is 40.5 Å². The van der Waals surface area contributed by atoms with Crippen LogP contribution in [-0.2, 0) is 5.41 Å². The molecule has 2 rings (SSSR count). The Morgan fingerprint density at radius 2 is 1.00 bits per heavy atom. The molecule has 0 aliphatic rings. The minimum Gasteiger partial charge on any atom is -0.507 e. The molecule has 142 valence electrons. The molecule has 2 aromatic rings. The number of phenolic OH excluding ortho intramolecular Hbond substituents is 2. The molecule has 0 aliphatic carbocycles. The second-order valence-electron chi connectivity index (χ2n) is 8.43. The van der Waals surface area contributed by atoms with Gasteiger partial charge in [-0.3, -0.25) is 0 Å². The maximum absolute atomic E-state index is 10.8. The Morgan fingerprint density at radius 3 is 1.33 bits per heavy atom. The van der Waals surface area contributed by atoms with Crippen LogP contribution in [0.2, 0.25) is 0 Å². The lowest BCUT2D eigenvalue weighted by atomic mass is 9.82. The number of hydrogen-bond acceptors (Lipinski definition) is 2. The highest BCUT2D eigenvalue weighted by Crippen LogP contribution is 2.42. The Hall–Kier alpha value is -2.74. The summed E-state index contributed by atoms with van der Waals surface area (Å²) in [7, 11) is 0. The fourth-order valence-corrected chi connectivity index (χ4v) is 3.15. The number of allylic oxidation sites excluding steroid dienone is 3. The van der Waals surface area contributed by atoms with Crippen molar-refractivity contribution in [1.29, 1.82) is 0 Å². The first kappa shape index (κ1) is 20.6. The summed E-state index contributed by atoms with van der Waals surface area (Å²) in [6.07, 6.45) is 0. The van der Waals surface area contributed by atoms with Gasteiger partial charge < -0.3 is 10.2 Å². The standard InChI is InChI=1S/C25H30O2/c1-14(2)19-10-17(11-20(15(3)4)23(19)26)18-12-21(16(5)6)24(27)22(13-18)25(7,8)9/h10-13,26-27H,1,3,5H2,2,4,6-9H3. The number of aromatic hydroxyl groups is 2. The SMILES string of the molecule is C=C(C)c1cc(-c2cc(C(=C)C)c(O)c(C(C)(C)C)c2)cc(C(=C)C)c1O. The molecular weight excluding hydrogens is 332 g/mol. The summed E-state index contributed by atoms with van der Waals surface area (Å²) >= 11 is 0. The summed E-state index contributed by atoms with van der Waals surface area (Å²) in [5.41, 5.74) is 7.05. The van der Waals surface area contributed by atoms with E-state index in [9.17, 15) is 10.2 Å². The minimum atomic E-state index is -0.227.